The van der Waals surface area contributed by atoms with Crippen LogP contribution < -0.4 is 0 Å². The van der Waals surface area contributed by atoms with Crippen LogP contribution in [0.1, 0.15) is 36.8 Å². The number of nitrogens with zero attached hydrogens (tertiary/aromatic N) is 2. The molecule has 0 unspecified atom stereocenters. The van der Waals surface area contributed by atoms with E-state index >= 15 is 0 Å². The molecule has 0 aromatic carbocycles. The normalized spacial score (nSPS) is 11.1. The molecule has 0 amide bonds. The van der Waals surface area contributed by atoms with Crippen LogP contribution in [0.3, 0.4) is 0 Å². The van der Waals surface area contributed by atoms with Gasteiger partial charge in [0.15, 0.2) is 0 Å². The van der Waals surface area contributed by atoms with E-state index in [4.69, 9.17) is 4.52 Å². The maximum atomic E-state index is 5.21. The molecule has 0 radical (unpaired) electrons. The van der Waals surface area contributed by atoms with Gasteiger partial charge in [0.2, 0.25) is 0 Å². The number of hydrogen-bond donors (Lipinski definition) is 0. The van der Waals surface area contributed by atoms with Crippen LogP contribution in [-0.4, -0.2) is 10.1 Å². The quantitative estimate of drug-likeness (QED) is 0.771. The number of pyridine rings is 1. The van der Waals surface area contributed by atoms with Crippen LogP contribution in [0.15, 0.2) is 23.0 Å². The van der Waals surface area contributed by atoms with E-state index in [-0.39, 0.29) is 0 Å². The van der Waals surface area contributed by atoms with Gasteiger partial charge in [-0.3, -0.25) is 4.98 Å². The van der Waals surface area contributed by atoms with E-state index in [1.165, 1.54) is 5.56 Å². The summed E-state index contributed by atoms with van der Waals surface area (Å²) in [6, 6.07) is 2.06. The predicted octanol–water partition coefficient (Wildman–Crippen LogP) is 3.48. The van der Waals surface area contributed by atoms with E-state index in [1.807, 2.05) is 26.2 Å². The summed E-state index contributed by atoms with van der Waals surface area (Å²) >= 11 is 0. The van der Waals surface area contributed by atoms with Crippen molar-refractivity contribution in [1.82, 2.24) is 10.1 Å². The second-order valence-corrected chi connectivity index (χ2v) is 4.32. The van der Waals surface area contributed by atoms with Crippen molar-refractivity contribution in [2.24, 2.45) is 0 Å². The van der Waals surface area contributed by atoms with Gasteiger partial charge in [0, 0.05) is 23.5 Å². The van der Waals surface area contributed by atoms with E-state index in [0.29, 0.717) is 5.92 Å². The Morgan fingerprint density at radius 1 is 1.25 bits per heavy atom. The van der Waals surface area contributed by atoms with E-state index in [2.05, 4.69) is 30.1 Å². The SMILES string of the molecule is Cc1noc(C)c1-c1cnccc1C(C)C. The molecule has 0 saturated heterocycles. The highest BCUT2D eigenvalue weighted by Gasteiger charge is 2.16. The number of aryl methyl sites for hydroxylation is 2. The first-order valence-electron chi connectivity index (χ1n) is 5.48. The van der Waals surface area contributed by atoms with Crippen molar-refractivity contribution >= 4 is 0 Å². The number of aromatic nitrogens is 2. The molecule has 2 rings (SSSR count). The van der Waals surface area contributed by atoms with Crippen molar-refractivity contribution in [3.63, 3.8) is 0 Å². The molecular weight excluding hydrogens is 200 g/mol. The Morgan fingerprint density at radius 2 is 2.00 bits per heavy atom. The van der Waals surface area contributed by atoms with Gasteiger partial charge in [-0.05, 0) is 31.4 Å². The second-order valence-electron chi connectivity index (χ2n) is 4.32. The van der Waals surface area contributed by atoms with Crippen molar-refractivity contribution < 1.29 is 4.52 Å². The molecule has 0 atom stereocenters. The monoisotopic (exact) mass is 216 g/mol. The summed E-state index contributed by atoms with van der Waals surface area (Å²) in [7, 11) is 0. The van der Waals surface area contributed by atoms with Gasteiger partial charge < -0.3 is 4.52 Å². The average molecular weight is 216 g/mol. The maximum absolute atomic E-state index is 5.21. The van der Waals surface area contributed by atoms with Gasteiger partial charge in [0.05, 0.1) is 5.69 Å². The van der Waals surface area contributed by atoms with Gasteiger partial charge in [-0.2, -0.15) is 0 Å². The standard InChI is InChI=1S/C13H16N2O/c1-8(2)11-5-6-14-7-12(11)13-9(3)15-16-10(13)4/h5-8H,1-4H3. The summed E-state index contributed by atoms with van der Waals surface area (Å²) in [6.07, 6.45) is 3.72. The van der Waals surface area contributed by atoms with Crippen LogP contribution in [0.5, 0.6) is 0 Å². The van der Waals surface area contributed by atoms with Crippen molar-refractivity contribution in [2.75, 3.05) is 0 Å². The molecule has 2 aromatic heterocycles. The third-order valence-electron chi connectivity index (χ3n) is 2.78. The Labute approximate surface area is 95.5 Å². The minimum absolute atomic E-state index is 0.465. The van der Waals surface area contributed by atoms with Crippen LogP contribution in [0, 0.1) is 13.8 Å². The molecule has 2 aromatic rings. The summed E-state index contributed by atoms with van der Waals surface area (Å²) in [6.45, 7) is 8.25. The van der Waals surface area contributed by atoms with Gasteiger partial charge in [0.1, 0.15) is 5.76 Å². The van der Waals surface area contributed by atoms with E-state index < -0.39 is 0 Å². The molecule has 0 spiro atoms. The topological polar surface area (TPSA) is 38.9 Å². The first-order valence-corrected chi connectivity index (χ1v) is 5.48. The Balaban J connectivity index is 2.64. The first kappa shape index (κ1) is 10.9. The van der Waals surface area contributed by atoms with E-state index in [0.717, 1.165) is 22.6 Å². The number of hydrogen-bond acceptors (Lipinski definition) is 3. The molecule has 84 valence electrons. The van der Waals surface area contributed by atoms with Crippen molar-refractivity contribution in [3.05, 3.63) is 35.5 Å². The third kappa shape index (κ3) is 1.73. The molecule has 0 aliphatic carbocycles. The molecule has 0 N–H and O–H groups in total. The minimum Gasteiger partial charge on any atom is -0.361 e. The summed E-state index contributed by atoms with van der Waals surface area (Å²) in [5, 5.41) is 3.99. The van der Waals surface area contributed by atoms with Gasteiger partial charge in [0.25, 0.3) is 0 Å². The fraction of sp³-hybridized carbons (Fsp3) is 0.385. The third-order valence-corrected chi connectivity index (χ3v) is 2.78. The molecule has 0 aliphatic rings. The zero-order valence-corrected chi connectivity index (χ0v) is 10.1. The molecule has 0 bridgehead atoms. The lowest BCUT2D eigenvalue weighted by atomic mass is 9.94. The molecule has 0 saturated carbocycles. The Bertz CT molecular complexity index is 481. The highest BCUT2D eigenvalue weighted by molar-refractivity contribution is 5.70. The van der Waals surface area contributed by atoms with Crippen molar-refractivity contribution in [2.45, 2.75) is 33.6 Å². The molecule has 0 aliphatic heterocycles. The molecule has 3 nitrogen and oxygen atoms in total. The van der Waals surface area contributed by atoms with Crippen LogP contribution in [-0.2, 0) is 0 Å². The fourth-order valence-corrected chi connectivity index (χ4v) is 1.99. The Hall–Kier alpha value is -1.64. The van der Waals surface area contributed by atoms with E-state index in [1.54, 1.807) is 0 Å². The lowest BCUT2D eigenvalue weighted by molar-refractivity contribution is 0.393. The lowest BCUT2D eigenvalue weighted by Crippen LogP contribution is -1.94. The summed E-state index contributed by atoms with van der Waals surface area (Å²) in [4.78, 5) is 4.20. The van der Waals surface area contributed by atoms with Crippen molar-refractivity contribution in [1.29, 1.82) is 0 Å². The fourth-order valence-electron chi connectivity index (χ4n) is 1.99. The van der Waals surface area contributed by atoms with E-state index in [9.17, 15) is 0 Å². The van der Waals surface area contributed by atoms with Crippen LogP contribution in [0.25, 0.3) is 11.1 Å². The Morgan fingerprint density at radius 3 is 2.56 bits per heavy atom. The molecular formula is C13H16N2O. The van der Waals surface area contributed by atoms with Gasteiger partial charge >= 0.3 is 0 Å². The highest BCUT2D eigenvalue weighted by Crippen LogP contribution is 2.32. The Kier molecular flexibility index (Phi) is 2.77. The zero-order chi connectivity index (χ0) is 11.7. The summed E-state index contributed by atoms with van der Waals surface area (Å²) < 4.78 is 5.21. The lowest BCUT2D eigenvalue weighted by Gasteiger charge is -2.11. The molecule has 0 fully saturated rings. The molecule has 2 heterocycles. The maximum Gasteiger partial charge on any atom is 0.141 e. The van der Waals surface area contributed by atoms with Crippen LogP contribution in [0.2, 0.25) is 0 Å². The minimum atomic E-state index is 0.465. The summed E-state index contributed by atoms with van der Waals surface area (Å²) in [5.41, 5.74) is 4.42. The van der Waals surface area contributed by atoms with Gasteiger partial charge in [-0.1, -0.05) is 19.0 Å². The largest absolute Gasteiger partial charge is 0.361 e. The van der Waals surface area contributed by atoms with Crippen LogP contribution >= 0.6 is 0 Å². The second kappa shape index (κ2) is 4.08. The highest BCUT2D eigenvalue weighted by atomic mass is 16.5. The first-order chi connectivity index (χ1) is 7.61. The van der Waals surface area contributed by atoms with Gasteiger partial charge in [-0.15, -0.1) is 0 Å². The molecule has 3 heteroatoms. The zero-order valence-electron chi connectivity index (χ0n) is 10.1. The van der Waals surface area contributed by atoms with Gasteiger partial charge in [-0.25, -0.2) is 0 Å². The van der Waals surface area contributed by atoms with Crippen molar-refractivity contribution in [3.8, 4) is 11.1 Å². The summed E-state index contributed by atoms with van der Waals surface area (Å²) in [5.74, 6) is 1.32. The predicted molar refractivity (Wildman–Crippen MR) is 63.3 cm³/mol. The average Bonchev–Trinajstić information content (AvgIpc) is 2.58. The smallest absolute Gasteiger partial charge is 0.141 e. The molecule has 16 heavy (non-hydrogen) atoms. The number of rotatable bonds is 2. The van der Waals surface area contributed by atoms with Crippen LogP contribution in [0.4, 0.5) is 0 Å².